The molecule has 2 rings (SSSR count). The molecule has 19 heavy (non-hydrogen) atoms. The van der Waals surface area contributed by atoms with E-state index in [9.17, 15) is 9.59 Å². The molecule has 0 aliphatic carbocycles. The Hall–Kier alpha value is -1.10. The van der Waals surface area contributed by atoms with E-state index in [1.54, 1.807) is 4.90 Å². The maximum atomic E-state index is 13.0. The molecule has 1 atom stereocenters. The molecule has 0 aromatic rings. The van der Waals surface area contributed by atoms with E-state index in [0.29, 0.717) is 13.1 Å². The zero-order valence-electron chi connectivity index (χ0n) is 12.2. The molecule has 2 saturated heterocycles. The highest BCUT2D eigenvalue weighted by molar-refractivity contribution is 5.95. The normalized spacial score (nSPS) is 30.3. The molecular formula is C14H25N3O2. The first-order valence-corrected chi connectivity index (χ1v) is 7.29. The first-order chi connectivity index (χ1) is 8.94. The molecular weight excluding hydrogens is 242 g/mol. The van der Waals surface area contributed by atoms with Gasteiger partial charge in [0.2, 0.25) is 11.8 Å². The van der Waals surface area contributed by atoms with Gasteiger partial charge in [-0.05, 0) is 39.7 Å². The Balaban J connectivity index is 2.24. The van der Waals surface area contributed by atoms with Crippen LogP contribution in [0.15, 0.2) is 0 Å². The summed E-state index contributed by atoms with van der Waals surface area (Å²) in [5, 5.41) is 6.24. The lowest BCUT2D eigenvalue weighted by Gasteiger charge is -2.45. The highest BCUT2D eigenvalue weighted by atomic mass is 16.2. The highest BCUT2D eigenvalue weighted by Crippen LogP contribution is 2.30. The van der Waals surface area contributed by atoms with Crippen molar-refractivity contribution < 1.29 is 9.59 Å². The van der Waals surface area contributed by atoms with Gasteiger partial charge in [0, 0.05) is 13.1 Å². The molecule has 2 heterocycles. The second-order valence-corrected chi connectivity index (χ2v) is 6.13. The van der Waals surface area contributed by atoms with Gasteiger partial charge in [0.05, 0.1) is 5.54 Å². The van der Waals surface area contributed by atoms with E-state index < -0.39 is 11.1 Å². The number of nitrogens with one attached hydrogen (secondary N) is 2. The lowest BCUT2D eigenvalue weighted by molar-refractivity contribution is -0.153. The molecule has 0 bridgehead atoms. The van der Waals surface area contributed by atoms with Crippen LogP contribution in [0, 0.1) is 0 Å². The van der Waals surface area contributed by atoms with Crippen molar-refractivity contribution in [2.75, 3.05) is 19.6 Å². The fourth-order valence-corrected chi connectivity index (χ4v) is 3.25. The van der Waals surface area contributed by atoms with E-state index in [0.717, 1.165) is 32.2 Å². The molecule has 0 saturated carbocycles. The lowest BCUT2D eigenvalue weighted by atomic mass is 9.87. The van der Waals surface area contributed by atoms with E-state index >= 15 is 0 Å². The molecule has 0 radical (unpaired) electrons. The minimum atomic E-state index is -0.750. The van der Waals surface area contributed by atoms with Gasteiger partial charge in [0.25, 0.3) is 0 Å². The molecule has 2 amide bonds. The van der Waals surface area contributed by atoms with Crippen LogP contribution in [0.1, 0.15) is 46.5 Å². The van der Waals surface area contributed by atoms with Crippen LogP contribution in [0.25, 0.3) is 0 Å². The average molecular weight is 267 g/mol. The van der Waals surface area contributed by atoms with Crippen molar-refractivity contribution >= 4 is 11.8 Å². The van der Waals surface area contributed by atoms with Crippen molar-refractivity contribution in [3.05, 3.63) is 0 Å². The molecule has 0 spiro atoms. The molecule has 108 valence electrons. The van der Waals surface area contributed by atoms with Crippen LogP contribution >= 0.6 is 0 Å². The number of carbonyl (C=O) groups is 2. The molecule has 0 aromatic carbocycles. The van der Waals surface area contributed by atoms with Crippen LogP contribution in [0.5, 0.6) is 0 Å². The van der Waals surface area contributed by atoms with Crippen molar-refractivity contribution in [2.24, 2.45) is 0 Å². The molecule has 2 N–H and O–H groups in total. The third-order valence-corrected chi connectivity index (χ3v) is 4.43. The van der Waals surface area contributed by atoms with Gasteiger partial charge in [0.1, 0.15) is 5.54 Å². The average Bonchev–Trinajstić information content (AvgIpc) is 2.82. The summed E-state index contributed by atoms with van der Waals surface area (Å²) < 4.78 is 0. The van der Waals surface area contributed by atoms with Gasteiger partial charge in [-0.25, -0.2) is 0 Å². The summed E-state index contributed by atoms with van der Waals surface area (Å²) >= 11 is 0. The molecule has 2 aliphatic rings. The Labute approximate surface area is 115 Å². The number of amides is 2. The van der Waals surface area contributed by atoms with E-state index in [-0.39, 0.29) is 11.8 Å². The molecule has 0 aromatic heterocycles. The topological polar surface area (TPSA) is 61.4 Å². The largest absolute Gasteiger partial charge is 0.352 e. The highest BCUT2D eigenvalue weighted by Gasteiger charge is 2.49. The number of carbonyl (C=O) groups excluding carboxylic acids is 2. The van der Waals surface area contributed by atoms with Gasteiger partial charge in [-0.3, -0.25) is 9.59 Å². The number of nitrogens with zero attached hydrogens (tertiary/aromatic N) is 1. The van der Waals surface area contributed by atoms with Gasteiger partial charge in [0.15, 0.2) is 0 Å². The first-order valence-electron chi connectivity index (χ1n) is 7.29. The fraction of sp³-hybridized carbons (Fsp3) is 0.857. The number of piperazine rings is 1. The van der Waals surface area contributed by atoms with E-state index in [4.69, 9.17) is 0 Å². The van der Waals surface area contributed by atoms with Gasteiger partial charge in [-0.1, -0.05) is 13.3 Å². The summed E-state index contributed by atoms with van der Waals surface area (Å²) in [6.07, 6.45) is 3.74. The smallest absolute Gasteiger partial charge is 0.245 e. The Morgan fingerprint density at radius 2 is 2.11 bits per heavy atom. The summed E-state index contributed by atoms with van der Waals surface area (Å²) in [6, 6.07) is 0. The summed E-state index contributed by atoms with van der Waals surface area (Å²) in [4.78, 5) is 26.7. The van der Waals surface area contributed by atoms with E-state index in [1.807, 2.05) is 13.8 Å². The third kappa shape index (κ3) is 2.36. The van der Waals surface area contributed by atoms with Crippen LogP contribution in [0.3, 0.4) is 0 Å². The molecule has 2 aliphatic heterocycles. The molecule has 2 fully saturated rings. The zero-order valence-corrected chi connectivity index (χ0v) is 12.2. The maximum Gasteiger partial charge on any atom is 0.245 e. The SMILES string of the molecule is CCCC1(C(=O)N2CCNC(=O)C2(C)C)CCCN1. The van der Waals surface area contributed by atoms with E-state index in [1.165, 1.54) is 0 Å². The zero-order chi connectivity index (χ0) is 14.1. The molecule has 1 unspecified atom stereocenters. The van der Waals surface area contributed by atoms with Crippen LogP contribution in [0.4, 0.5) is 0 Å². The van der Waals surface area contributed by atoms with Crippen molar-refractivity contribution in [1.29, 1.82) is 0 Å². The predicted molar refractivity (Wildman–Crippen MR) is 73.7 cm³/mol. The number of hydrogen-bond donors (Lipinski definition) is 2. The molecule has 5 nitrogen and oxygen atoms in total. The van der Waals surface area contributed by atoms with Crippen LogP contribution in [0.2, 0.25) is 0 Å². The Kier molecular flexibility index (Phi) is 3.85. The standard InChI is InChI=1S/C14H25N3O2/c1-4-6-14(7-5-8-16-14)12(19)17-10-9-15-11(18)13(17,2)3/h16H,4-10H2,1-3H3,(H,15,18). The Morgan fingerprint density at radius 1 is 1.37 bits per heavy atom. The summed E-state index contributed by atoms with van der Waals surface area (Å²) in [6.45, 7) is 7.80. The third-order valence-electron chi connectivity index (χ3n) is 4.43. The number of hydrogen-bond acceptors (Lipinski definition) is 3. The molecule has 5 heteroatoms. The minimum absolute atomic E-state index is 0.0586. The van der Waals surface area contributed by atoms with Crippen molar-refractivity contribution in [2.45, 2.75) is 57.5 Å². The summed E-state index contributed by atoms with van der Waals surface area (Å²) in [5.74, 6) is 0.0449. The Bertz CT molecular complexity index is 373. The van der Waals surface area contributed by atoms with Crippen molar-refractivity contribution in [1.82, 2.24) is 15.5 Å². The monoisotopic (exact) mass is 267 g/mol. The van der Waals surface area contributed by atoms with Crippen LogP contribution in [-0.2, 0) is 9.59 Å². The quantitative estimate of drug-likeness (QED) is 0.789. The number of rotatable bonds is 3. The Morgan fingerprint density at radius 3 is 2.68 bits per heavy atom. The van der Waals surface area contributed by atoms with Gasteiger partial charge >= 0.3 is 0 Å². The van der Waals surface area contributed by atoms with Gasteiger partial charge < -0.3 is 15.5 Å². The second kappa shape index (κ2) is 5.12. The van der Waals surface area contributed by atoms with Crippen molar-refractivity contribution in [3.63, 3.8) is 0 Å². The van der Waals surface area contributed by atoms with Crippen molar-refractivity contribution in [3.8, 4) is 0 Å². The predicted octanol–water partition coefficient (Wildman–Crippen LogP) is 0.646. The van der Waals surface area contributed by atoms with Crippen LogP contribution in [-0.4, -0.2) is 47.4 Å². The maximum absolute atomic E-state index is 13.0. The van der Waals surface area contributed by atoms with Gasteiger partial charge in [-0.2, -0.15) is 0 Å². The minimum Gasteiger partial charge on any atom is -0.352 e. The van der Waals surface area contributed by atoms with E-state index in [2.05, 4.69) is 17.6 Å². The second-order valence-electron chi connectivity index (χ2n) is 6.13. The summed E-state index contributed by atoms with van der Waals surface area (Å²) in [7, 11) is 0. The van der Waals surface area contributed by atoms with Gasteiger partial charge in [-0.15, -0.1) is 0 Å². The lowest BCUT2D eigenvalue weighted by Crippen LogP contribution is -2.68. The summed E-state index contributed by atoms with van der Waals surface area (Å²) in [5.41, 5.74) is -1.19. The first kappa shape index (κ1) is 14.3. The van der Waals surface area contributed by atoms with Crippen LogP contribution < -0.4 is 10.6 Å². The fourth-order valence-electron chi connectivity index (χ4n) is 3.25.